The maximum atomic E-state index is 12.5. The normalized spacial score (nSPS) is 13.2. The van der Waals surface area contributed by atoms with Crippen LogP contribution in [0.15, 0.2) is 60.7 Å². The minimum Gasteiger partial charge on any atom is -0.396 e. The second kappa shape index (κ2) is 9.89. The highest BCUT2D eigenvalue weighted by Crippen LogP contribution is 2.23. The lowest BCUT2D eigenvalue weighted by Gasteiger charge is -2.19. The van der Waals surface area contributed by atoms with E-state index in [1.54, 1.807) is 0 Å². The van der Waals surface area contributed by atoms with Crippen molar-refractivity contribution in [2.45, 2.75) is 38.0 Å². The first-order valence-corrected chi connectivity index (χ1v) is 8.74. The maximum Gasteiger partial charge on any atom is 0.227 e. The van der Waals surface area contributed by atoms with Crippen LogP contribution in [-0.2, 0) is 4.79 Å². The molecule has 0 unspecified atom stereocenters. The Labute approximate surface area is 144 Å². The van der Waals surface area contributed by atoms with Gasteiger partial charge in [0.25, 0.3) is 0 Å². The standard InChI is InChI=1S/C21H27NO2/c1-2-20(19-11-7-4-8-12-19)21(24)22-15-13-18(14-16-23)17-9-5-3-6-10-17/h3-12,18,20,23H,2,13-16H2,1H3,(H,22,24)/t18-,20-/m0/s1. The molecule has 0 saturated carbocycles. The van der Waals surface area contributed by atoms with Crippen LogP contribution in [0.5, 0.6) is 0 Å². The molecular formula is C21H27NO2. The zero-order valence-corrected chi connectivity index (χ0v) is 14.3. The van der Waals surface area contributed by atoms with Crippen LogP contribution in [0.1, 0.15) is 49.1 Å². The molecule has 0 radical (unpaired) electrons. The second-order valence-corrected chi connectivity index (χ2v) is 6.07. The molecule has 1 amide bonds. The lowest BCUT2D eigenvalue weighted by atomic mass is 9.92. The Balaban J connectivity index is 1.90. The molecule has 128 valence electrons. The fourth-order valence-corrected chi connectivity index (χ4v) is 3.11. The van der Waals surface area contributed by atoms with Gasteiger partial charge < -0.3 is 10.4 Å². The van der Waals surface area contributed by atoms with Crippen molar-refractivity contribution in [1.82, 2.24) is 5.32 Å². The summed E-state index contributed by atoms with van der Waals surface area (Å²) in [5.74, 6) is 0.257. The summed E-state index contributed by atoms with van der Waals surface area (Å²) in [5.41, 5.74) is 2.28. The molecule has 3 nitrogen and oxygen atoms in total. The number of carbonyl (C=O) groups excluding carboxylic acids is 1. The topological polar surface area (TPSA) is 49.3 Å². The van der Waals surface area contributed by atoms with Crippen LogP contribution in [0.4, 0.5) is 0 Å². The lowest BCUT2D eigenvalue weighted by Crippen LogP contribution is -2.30. The number of hydrogen-bond donors (Lipinski definition) is 2. The van der Waals surface area contributed by atoms with Crippen LogP contribution in [0.2, 0.25) is 0 Å². The van der Waals surface area contributed by atoms with Gasteiger partial charge in [0.1, 0.15) is 0 Å². The summed E-state index contributed by atoms with van der Waals surface area (Å²) in [5, 5.41) is 12.4. The van der Waals surface area contributed by atoms with Crippen molar-refractivity contribution in [1.29, 1.82) is 0 Å². The highest BCUT2D eigenvalue weighted by Gasteiger charge is 2.18. The molecule has 0 spiro atoms. The maximum absolute atomic E-state index is 12.5. The average molecular weight is 325 g/mol. The molecule has 2 aromatic carbocycles. The highest BCUT2D eigenvalue weighted by atomic mass is 16.3. The summed E-state index contributed by atoms with van der Waals surface area (Å²) < 4.78 is 0. The summed E-state index contributed by atoms with van der Waals surface area (Å²) in [6.45, 7) is 2.83. The van der Waals surface area contributed by atoms with E-state index < -0.39 is 0 Å². The summed E-state index contributed by atoms with van der Waals surface area (Å²) in [7, 11) is 0. The summed E-state index contributed by atoms with van der Waals surface area (Å²) in [6, 6.07) is 20.1. The van der Waals surface area contributed by atoms with Gasteiger partial charge in [-0.25, -0.2) is 0 Å². The van der Waals surface area contributed by atoms with Crippen LogP contribution in [0, 0.1) is 0 Å². The predicted octanol–water partition coefficient (Wildman–Crippen LogP) is 3.85. The van der Waals surface area contributed by atoms with E-state index in [0.717, 1.165) is 24.8 Å². The smallest absolute Gasteiger partial charge is 0.227 e. The Morgan fingerprint density at radius 2 is 1.54 bits per heavy atom. The first kappa shape index (κ1) is 18.2. The van der Waals surface area contributed by atoms with Crippen LogP contribution in [0.25, 0.3) is 0 Å². The molecule has 0 aliphatic rings. The van der Waals surface area contributed by atoms with Gasteiger partial charge in [-0.3, -0.25) is 4.79 Å². The van der Waals surface area contributed by atoms with Crippen LogP contribution in [-0.4, -0.2) is 24.2 Å². The fourth-order valence-electron chi connectivity index (χ4n) is 3.11. The van der Waals surface area contributed by atoms with E-state index in [4.69, 9.17) is 0 Å². The third-order valence-electron chi connectivity index (χ3n) is 4.47. The zero-order valence-electron chi connectivity index (χ0n) is 14.3. The van der Waals surface area contributed by atoms with E-state index in [-0.39, 0.29) is 24.3 Å². The van der Waals surface area contributed by atoms with Crippen molar-refractivity contribution in [3.05, 3.63) is 71.8 Å². The van der Waals surface area contributed by atoms with Gasteiger partial charge in [0.05, 0.1) is 5.92 Å². The van der Waals surface area contributed by atoms with Crippen molar-refractivity contribution >= 4 is 5.91 Å². The minimum atomic E-state index is -0.0979. The fraction of sp³-hybridized carbons (Fsp3) is 0.381. The van der Waals surface area contributed by atoms with Gasteiger partial charge in [-0.05, 0) is 36.3 Å². The number of benzene rings is 2. The number of amides is 1. The van der Waals surface area contributed by atoms with E-state index in [2.05, 4.69) is 17.4 Å². The van der Waals surface area contributed by atoms with Gasteiger partial charge in [0, 0.05) is 13.2 Å². The van der Waals surface area contributed by atoms with Crippen molar-refractivity contribution in [2.24, 2.45) is 0 Å². The first-order chi connectivity index (χ1) is 11.8. The zero-order chi connectivity index (χ0) is 17.2. The second-order valence-electron chi connectivity index (χ2n) is 6.07. The highest BCUT2D eigenvalue weighted by molar-refractivity contribution is 5.83. The number of aliphatic hydroxyl groups is 1. The molecule has 0 aromatic heterocycles. The Morgan fingerprint density at radius 3 is 2.08 bits per heavy atom. The summed E-state index contributed by atoms with van der Waals surface area (Å²) >= 11 is 0. The molecule has 0 fully saturated rings. The molecule has 24 heavy (non-hydrogen) atoms. The molecule has 2 atom stereocenters. The van der Waals surface area contributed by atoms with Crippen molar-refractivity contribution in [3.8, 4) is 0 Å². The van der Waals surface area contributed by atoms with Gasteiger partial charge in [0.15, 0.2) is 0 Å². The molecule has 0 heterocycles. The van der Waals surface area contributed by atoms with Gasteiger partial charge >= 0.3 is 0 Å². The van der Waals surface area contributed by atoms with Gasteiger partial charge in [-0.15, -0.1) is 0 Å². The Hall–Kier alpha value is -2.13. The van der Waals surface area contributed by atoms with Crippen LogP contribution < -0.4 is 5.32 Å². The molecule has 0 saturated heterocycles. The van der Waals surface area contributed by atoms with Gasteiger partial charge in [0.2, 0.25) is 5.91 Å². The Kier molecular flexibility index (Phi) is 7.50. The molecule has 0 aliphatic heterocycles. The van der Waals surface area contributed by atoms with E-state index in [1.807, 2.05) is 55.5 Å². The van der Waals surface area contributed by atoms with Gasteiger partial charge in [-0.2, -0.15) is 0 Å². The molecule has 0 aliphatic carbocycles. The van der Waals surface area contributed by atoms with E-state index >= 15 is 0 Å². The Bertz CT molecular complexity index is 598. The van der Waals surface area contributed by atoms with Crippen LogP contribution >= 0.6 is 0 Å². The van der Waals surface area contributed by atoms with Crippen LogP contribution in [0.3, 0.4) is 0 Å². The minimum absolute atomic E-state index is 0.0829. The number of aliphatic hydroxyl groups excluding tert-OH is 1. The van der Waals surface area contributed by atoms with Crippen molar-refractivity contribution < 1.29 is 9.90 Å². The molecule has 3 heteroatoms. The SMILES string of the molecule is CC[C@H](C(=O)NCC[C@@H](CCO)c1ccccc1)c1ccccc1. The largest absolute Gasteiger partial charge is 0.396 e. The molecule has 2 rings (SSSR count). The first-order valence-electron chi connectivity index (χ1n) is 8.74. The Morgan fingerprint density at radius 1 is 0.958 bits per heavy atom. The van der Waals surface area contributed by atoms with Crippen molar-refractivity contribution in [2.75, 3.05) is 13.2 Å². The third kappa shape index (κ3) is 5.20. The van der Waals surface area contributed by atoms with E-state index in [1.165, 1.54) is 5.56 Å². The molecular weight excluding hydrogens is 298 g/mol. The quantitative estimate of drug-likeness (QED) is 0.735. The number of rotatable bonds is 9. The monoisotopic (exact) mass is 325 g/mol. The third-order valence-corrected chi connectivity index (χ3v) is 4.47. The molecule has 2 N–H and O–H groups in total. The van der Waals surface area contributed by atoms with E-state index in [0.29, 0.717) is 6.54 Å². The van der Waals surface area contributed by atoms with Crippen molar-refractivity contribution in [3.63, 3.8) is 0 Å². The number of hydrogen-bond acceptors (Lipinski definition) is 2. The summed E-state index contributed by atoms with van der Waals surface area (Å²) in [6.07, 6.45) is 2.34. The predicted molar refractivity (Wildman–Crippen MR) is 98.0 cm³/mol. The number of carbonyl (C=O) groups is 1. The molecule has 0 bridgehead atoms. The summed E-state index contributed by atoms with van der Waals surface area (Å²) in [4.78, 5) is 12.5. The average Bonchev–Trinajstić information content (AvgIpc) is 2.63. The number of nitrogens with one attached hydrogen (secondary N) is 1. The van der Waals surface area contributed by atoms with E-state index in [9.17, 15) is 9.90 Å². The molecule has 2 aromatic rings. The van der Waals surface area contributed by atoms with Gasteiger partial charge in [-0.1, -0.05) is 67.6 Å². The lowest BCUT2D eigenvalue weighted by molar-refractivity contribution is -0.122.